The Kier molecular flexibility index (Phi) is 5.26. The van der Waals surface area contributed by atoms with E-state index in [1.807, 2.05) is 55.5 Å². The molecule has 0 radical (unpaired) electrons. The van der Waals surface area contributed by atoms with E-state index in [1.165, 1.54) is 0 Å². The Labute approximate surface area is 174 Å². The molecule has 0 saturated heterocycles. The number of benzene rings is 3. The molecule has 5 nitrogen and oxygen atoms in total. The number of carbonyl (C=O) groups is 1. The van der Waals surface area contributed by atoms with Crippen molar-refractivity contribution < 1.29 is 9.90 Å². The summed E-state index contributed by atoms with van der Waals surface area (Å²) < 4.78 is 0. The summed E-state index contributed by atoms with van der Waals surface area (Å²) in [6, 6.07) is 24.1. The minimum Gasteiger partial charge on any atom is -0.508 e. The maximum atomic E-state index is 13.0. The molecule has 1 heterocycles. The predicted molar refractivity (Wildman–Crippen MR) is 120 cm³/mol. The fourth-order valence-corrected chi connectivity index (χ4v) is 3.20. The lowest BCUT2D eigenvalue weighted by atomic mass is 10.0. The highest BCUT2D eigenvalue weighted by Crippen LogP contribution is 2.25. The van der Waals surface area contributed by atoms with Crippen LogP contribution in [0, 0.1) is 6.92 Å². The summed E-state index contributed by atoms with van der Waals surface area (Å²) in [5, 5.41) is 14.4. The lowest BCUT2D eigenvalue weighted by Crippen LogP contribution is -2.20. The number of rotatable bonds is 4. The van der Waals surface area contributed by atoms with Gasteiger partial charge in [-0.3, -0.25) is 4.79 Å². The van der Waals surface area contributed by atoms with Gasteiger partial charge in [0.15, 0.2) is 0 Å². The Hall–Kier alpha value is -3.99. The number of para-hydroxylation sites is 1. The van der Waals surface area contributed by atoms with Crippen molar-refractivity contribution in [1.29, 1.82) is 0 Å². The highest BCUT2D eigenvalue weighted by molar-refractivity contribution is 6.08. The van der Waals surface area contributed by atoms with Crippen LogP contribution in [-0.2, 0) is 0 Å². The minimum absolute atomic E-state index is 0.183. The topological polar surface area (TPSA) is 74.6 Å². The molecular formula is C25H21N3O2. The van der Waals surface area contributed by atoms with Gasteiger partial charge in [0, 0.05) is 10.9 Å². The van der Waals surface area contributed by atoms with E-state index >= 15 is 0 Å². The maximum absolute atomic E-state index is 13.0. The number of phenols is 1. The van der Waals surface area contributed by atoms with E-state index in [0.29, 0.717) is 11.3 Å². The van der Waals surface area contributed by atoms with Crippen molar-refractivity contribution in [2.45, 2.75) is 13.8 Å². The van der Waals surface area contributed by atoms with Crippen molar-refractivity contribution >= 4 is 22.5 Å². The van der Waals surface area contributed by atoms with Gasteiger partial charge >= 0.3 is 0 Å². The first-order chi connectivity index (χ1) is 14.5. The van der Waals surface area contributed by atoms with Crippen molar-refractivity contribution in [1.82, 2.24) is 10.4 Å². The van der Waals surface area contributed by atoms with Gasteiger partial charge in [-0.05, 0) is 55.8 Å². The van der Waals surface area contributed by atoms with Crippen molar-refractivity contribution in [3.63, 3.8) is 0 Å². The number of aromatic hydroxyl groups is 1. The van der Waals surface area contributed by atoms with E-state index in [2.05, 4.69) is 10.5 Å². The van der Waals surface area contributed by atoms with Gasteiger partial charge < -0.3 is 5.11 Å². The average Bonchev–Trinajstić information content (AvgIpc) is 2.77. The van der Waals surface area contributed by atoms with E-state index in [0.717, 1.165) is 33.3 Å². The molecule has 30 heavy (non-hydrogen) atoms. The van der Waals surface area contributed by atoms with Crippen LogP contribution in [0.4, 0.5) is 0 Å². The highest BCUT2D eigenvalue weighted by atomic mass is 16.3. The second kappa shape index (κ2) is 8.17. The van der Waals surface area contributed by atoms with Crippen molar-refractivity contribution in [2.75, 3.05) is 0 Å². The van der Waals surface area contributed by atoms with Crippen molar-refractivity contribution in [3.8, 4) is 17.0 Å². The fraction of sp³-hybridized carbons (Fsp3) is 0.0800. The second-order valence-electron chi connectivity index (χ2n) is 7.12. The standard InChI is InChI=1S/C25H21N3O2/c1-16-7-9-19(10-8-16)24-15-22(21-5-3-4-6-23(21)26-24)25(30)28-27-17(2)18-11-13-20(29)14-12-18/h3-15,29H,1-2H3,(H,28,30). The molecule has 1 aromatic heterocycles. The molecule has 0 aliphatic rings. The van der Waals surface area contributed by atoms with Gasteiger partial charge in [0.2, 0.25) is 0 Å². The number of aromatic nitrogens is 1. The predicted octanol–water partition coefficient (Wildman–Crippen LogP) is 5.07. The van der Waals surface area contributed by atoms with Crippen LogP contribution in [0.3, 0.4) is 0 Å². The molecule has 3 aromatic carbocycles. The van der Waals surface area contributed by atoms with Crippen LogP contribution >= 0.6 is 0 Å². The summed E-state index contributed by atoms with van der Waals surface area (Å²) in [6.45, 7) is 3.83. The Morgan fingerprint density at radius 1 is 0.967 bits per heavy atom. The highest BCUT2D eigenvalue weighted by Gasteiger charge is 2.14. The molecule has 4 rings (SSSR count). The van der Waals surface area contributed by atoms with Gasteiger partial charge in [0.25, 0.3) is 5.91 Å². The van der Waals surface area contributed by atoms with Gasteiger partial charge in [-0.1, -0.05) is 48.0 Å². The number of hydrazone groups is 1. The Morgan fingerprint density at radius 2 is 1.67 bits per heavy atom. The average molecular weight is 395 g/mol. The van der Waals surface area contributed by atoms with Crippen LogP contribution in [0.5, 0.6) is 5.75 Å². The van der Waals surface area contributed by atoms with Crippen molar-refractivity contribution in [2.24, 2.45) is 5.10 Å². The Bertz CT molecular complexity index is 1240. The number of fused-ring (bicyclic) bond motifs is 1. The third-order valence-electron chi connectivity index (χ3n) is 4.92. The van der Waals surface area contributed by atoms with Gasteiger partial charge in [0.05, 0.1) is 22.5 Å². The van der Waals surface area contributed by atoms with Crippen LogP contribution in [0.2, 0.25) is 0 Å². The number of phenolic OH excluding ortho intramolecular Hbond substituents is 1. The lowest BCUT2D eigenvalue weighted by Gasteiger charge is -2.10. The van der Waals surface area contributed by atoms with Crippen LogP contribution in [0.15, 0.2) is 84.0 Å². The smallest absolute Gasteiger partial charge is 0.272 e. The van der Waals surface area contributed by atoms with E-state index in [4.69, 9.17) is 4.98 Å². The molecule has 148 valence electrons. The number of amides is 1. The summed E-state index contributed by atoms with van der Waals surface area (Å²) in [4.78, 5) is 17.7. The molecule has 2 N–H and O–H groups in total. The maximum Gasteiger partial charge on any atom is 0.272 e. The molecule has 0 bridgehead atoms. The van der Waals surface area contributed by atoms with E-state index in [9.17, 15) is 9.90 Å². The molecule has 0 saturated carbocycles. The Morgan fingerprint density at radius 3 is 2.40 bits per heavy atom. The van der Waals surface area contributed by atoms with Gasteiger partial charge in [-0.15, -0.1) is 0 Å². The fourth-order valence-electron chi connectivity index (χ4n) is 3.20. The van der Waals surface area contributed by atoms with E-state index in [-0.39, 0.29) is 11.7 Å². The number of nitrogens with zero attached hydrogens (tertiary/aromatic N) is 2. The van der Waals surface area contributed by atoms with E-state index < -0.39 is 0 Å². The molecule has 0 fully saturated rings. The molecule has 0 unspecified atom stereocenters. The SMILES string of the molecule is CC(=NNC(=O)c1cc(-c2ccc(C)cc2)nc2ccccc12)c1ccc(O)cc1. The quantitative estimate of drug-likeness (QED) is 0.374. The van der Waals surface area contributed by atoms with Crippen LogP contribution in [0.1, 0.15) is 28.4 Å². The Balaban J connectivity index is 1.70. The molecule has 0 spiro atoms. The zero-order valence-corrected chi connectivity index (χ0v) is 16.8. The summed E-state index contributed by atoms with van der Waals surface area (Å²) in [5.74, 6) is -0.123. The zero-order chi connectivity index (χ0) is 21.1. The number of carbonyl (C=O) groups excluding carboxylic acids is 1. The molecule has 0 aliphatic heterocycles. The summed E-state index contributed by atoms with van der Waals surface area (Å²) in [7, 11) is 0. The molecule has 0 aliphatic carbocycles. The first-order valence-corrected chi connectivity index (χ1v) is 9.62. The molecule has 0 atom stereocenters. The summed E-state index contributed by atoms with van der Waals surface area (Å²) in [6.07, 6.45) is 0. The third-order valence-corrected chi connectivity index (χ3v) is 4.92. The largest absolute Gasteiger partial charge is 0.508 e. The van der Waals surface area contributed by atoms with Crippen LogP contribution in [-0.4, -0.2) is 21.7 Å². The van der Waals surface area contributed by atoms with E-state index in [1.54, 1.807) is 37.3 Å². The number of aryl methyl sites for hydroxylation is 1. The van der Waals surface area contributed by atoms with Crippen LogP contribution < -0.4 is 5.43 Å². The lowest BCUT2D eigenvalue weighted by molar-refractivity contribution is 0.0956. The van der Waals surface area contributed by atoms with Crippen LogP contribution in [0.25, 0.3) is 22.2 Å². The normalized spacial score (nSPS) is 11.5. The second-order valence-corrected chi connectivity index (χ2v) is 7.12. The number of hydrogen-bond donors (Lipinski definition) is 2. The monoisotopic (exact) mass is 395 g/mol. The molecule has 4 aromatic rings. The molecule has 1 amide bonds. The molecular weight excluding hydrogens is 374 g/mol. The number of hydrogen-bond acceptors (Lipinski definition) is 4. The minimum atomic E-state index is -0.305. The number of pyridine rings is 1. The van der Waals surface area contributed by atoms with Gasteiger partial charge in [-0.25, -0.2) is 10.4 Å². The van der Waals surface area contributed by atoms with Crippen molar-refractivity contribution in [3.05, 3.63) is 95.6 Å². The van der Waals surface area contributed by atoms with Gasteiger partial charge in [0.1, 0.15) is 5.75 Å². The first kappa shape index (κ1) is 19.3. The summed E-state index contributed by atoms with van der Waals surface area (Å²) >= 11 is 0. The number of nitrogens with one attached hydrogen (secondary N) is 1. The third kappa shape index (κ3) is 4.05. The van der Waals surface area contributed by atoms with Gasteiger partial charge in [-0.2, -0.15) is 5.10 Å². The summed E-state index contributed by atoms with van der Waals surface area (Å²) in [5.41, 5.74) is 8.21. The molecule has 5 heteroatoms. The first-order valence-electron chi connectivity index (χ1n) is 9.62. The zero-order valence-electron chi connectivity index (χ0n) is 16.8.